The molecular formula is C22H21FN4O3S2. The number of fused-ring (bicyclic) bond motifs is 1. The zero-order valence-corrected chi connectivity index (χ0v) is 19.0. The Morgan fingerprint density at radius 1 is 1.22 bits per heavy atom. The normalized spacial score (nSPS) is 12.8. The maximum absolute atomic E-state index is 13.2. The van der Waals surface area contributed by atoms with E-state index in [9.17, 15) is 17.6 Å². The van der Waals surface area contributed by atoms with Crippen molar-refractivity contribution in [1.82, 2.24) is 15.1 Å². The summed E-state index contributed by atoms with van der Waals surface area (Å²) in [5, 5.41) is 13.5. The quantitative estimate of drug-likeness (QED) is 0.446. The minimum Gasteiger partial charge on any atom is -0.345 e. The molecular weight excluding hydrogens is 451 g/mol. The molecule has 166 valence electrons. The molecule has 1 amide bonds. The van der Waals surface area contributed by atoms with Crippen LogP contribution in [0.15, 0.2) is 59.5 Å². The van der Waals surface area contributed by atoms with Crippen LogP contribution in [-0.4, -0.2) is 24.1 Å². The highest BCUT2D eigenvalue weighted by molar-refractivity contribution is 7.89. The molecule has 2 aromatic carbocycles. The molecule has 2 heterocycles. The number of benzene rings is 2. The number of aromatic nitrogens is 2. The average Bonchev–Trinajstić information content (AvgIpc) is 3.30. The molecule has 1 unspecified atom stereocenters. The fourth-order valence-electron chi connectivity index (χ4n) is 3.41. The zero-order valence-electron chi connectivity index (χ0n) is 17.4. The third kappa shape index (κ3) is 4.57. The number of carbonyl (C=O) groups excluding carboxylic acids is 1. The van der Waals surface area contributed by atoms with Crippen molar-refractivity contribution in [2.24, 2.45) is 5.14 Å². The first-order valence-corrected chi connectivity index (χ1v) is 12.1. The van der Waals surface area contributed by atoms with Gasteiger partial charge in [-0.15, -0.1) is 11.3 Å². The maximum Gasteiger partial charge on any atom is 0.261 e. The van der Waals surface area contributed by atoms with Gasteiger partial charge in [0, 0.05) is 5.39 Å². The molecule has 1 atom stereocenters. The van der Waals surface area contributed by atoms with Crippen LogP contribution in [0.25, 0.3) is 10.2 Å². The zero-order chi connectivity index (χ0) is 23.0. The second-order valence-electron chi connectivity index (χ2n) is 7.51. The van der Waals surface area contributed by atoms with E-state index in [0.717, 1.165) is 21.5 Å². The number of nitrogens with zero attached hydrogens (tertiary/aromatic N) is 2. The van der Waals surface area contributed by atoms with Crippen molar-refractivity contribution in [3.63, 3.8) is 0 Å². The van der Waals surface area contributed by atoms with Crippen molar-refractivity contribution in [2.75, 3.05) is 0 Å². The fourth-order valence-corrected chi connectivity index (χ4v) is 5.04. The molecule has 0 fully saturated rings. The summed E-state index contributed by atoms with van der Waals surface area (Å²) in [6.07, 6.45) is 0. The molecule has 0 radical (unpaired) electrons. The van der Waals surface area contributed by atoms with Crippen molar-refractivity contribution in [1.29, 1.82) is 0 Å². The lowest BCUT2D eigenvalue weighted by Crippen LogP contribution is -2.26. The van der Waals surface area contributed by atoms with Gasteiger partial charge >= 0.3 is 0 Å². The maximum atomic E-state index is 13.2. The van der Waals surface area contributed by atoms with Gasteiger partial charge in [-0.2, -0.15) is 5.10 Å². The van der Waals surface area contributed by atoms with Crippen LogP contribution < -0.4 is 10.5 Å². The average molecular weight is 473 g/mol. The van der Waals surface area contributed by atoms with Crippen LogP contribution >= 0.6 is 11.3 Å². The second-order valence-corrected chi connectivity index (χ2v) is 10.1. The number of amides is 1. The van der Waals surface area contributed by atoms with E-state index in [1.165, 1.54) is 35.6 Å². The van der Waals surface area contributed by atoms with Gasteiger partial charge in [-0.05, 0) is 55.3 Å². The highest BCUT2D eigenvalue weighted by Crippen LogP contribution is 2.29. The number of hydrogen-bond acceptors (Lipinski definition) is 5. The third-order valence-corrected chi connectivity index (χ3v) is 7.17. The Bertz CT molecular complexity index is 1410. The van der Waals surface area contributed by atoms with Gasteiger partial charge in [-0.1, -0.05) is 24.3 Å². The lowest BCUT2D eigenvalue weighted by molar-refractivity contribution is 0.0944. The summed E-state index contributed by atoms with van der Waals surface area (Å²) in [7, 11) is -3.83. The molecule has 0 saturated heterocycles. The van der Waals surface area contributed by atoms with E-state index in [0.29, 0.717) is 17.0 Å². The van der Waals surface area contributed by atoms with Crippen LogP contribution in [0.3, 0.4) is 0 Å². The number of hydrogen-bond donors (Lipinski definition) is 2. The fraction of sp³-hybridized carbons (Fsp3) is 0.182. The predicted octanol–water partition coefficient (Wildman–Crippen LogP) is 3.73. The van der Waals surface area contributed by atoms with Crippen molar-refractivity contribution in [3.05, 3.63) is 82.1 Å². The van der Waals surface area contributed by atoms with Crippen LogP contribution in [0.1, 0.15) is 39.5 Å². The van der Waals surface area contributed by atoms with E-state index in [-0.39, 0.29) is 16.6 Å². The van der Waals surface area contributed by atoms with E-state index in [1.807, 2.05) is 6.92 Å². The number of primary sulfonamides is 1. The topological polar surface area (TPSA) is 107 Å². The number of halogens is 1. The largest absolute Gasteiger partial charge is 0.345 e. The smallest absolute Gasteiger partial charge is 0.261 e. The molecule has 7 nitrogen and oxygen atoms in total. The van der Waals surface area contributed by atoms with E-state index in [2.05, 4.69) is 10.4 Å². The van der Waals surface area contributed by atoms with Crippen LogP contribution in [0.4, 0.5) is 4.39 Å². The number of carbonyl (C=O) groups is 1. The SMILES string of the molecule is Cc1nn(Cc2ccc(F)cc2)c2sc(C(=O)NC(C)c3cccc(S(N)(=O)=O)c3)cc12. The van der Waals surface area contributed by atoms with Crippen molar-refractivity contribution >= 4 is 37.5 Å². The Kier molecular flexibility index (Phi) is 5.85. The Morgan fingerprint density at radius 2 is 1.94 bits per heavy atom. The monoisotopic (exact) mass is 472 g/mol. The summed E-state index contributed by atoms with van der Waals surface area (Å²) >= 11 is 1.32. The van der Waals surface area contributed by atoms with Gasteiger partial charge in [0.15, 0.2) is 0 Å². The van der Waals surface area contributed by atoms with E-state index in [1.54, 1.807) is 41.9 Å². The Hall–Kier alpha value is -3.08. The molecule has 32 heavy (non-hydrogen) atoms. The first-order valence-electron chi connectivity index (χ1n) is 9.77. The van der Waals surface area contributed by atoms with Crippen LogP contribution in [0.5, 0.6) is 0 Å². The summed E-state index contributed by atoms with van der Waals surface area (Å²) in [5.41, 5.74) is 2.33. The van der Waals surface area contributed by atoms with Crippen LogP contribution in [0.2, 0.25) is 0 Å². The molecule has 4 rings (SSSR count). The van der Waals surface area contributed by atoms with Gasteiger partial charge in [0.05, 0.1) is 28.1 Å². The number of nitrogens with one attached hydrogen (secondary N) is 1. The second kappa shape index (κ2) is 8.45. The van der Waals surface area contributed by atoms with Gasteiger partial charge in [0.1, 0.15) is 10.6 Å². The minimum absolute atomic E-state index is 0.00512. The summed E-state index contributed by atoms with van der Waals surface area (Å²) < 4.78 is 38.2. The summed E-state index contributed by atoms with van der Waals surface area (Å²) in [4.78, 5) is 14.2. The minimum atomic E-state index is -3.83. The number of sulfonamides is 1. The van der Waals surface area contributed by atoms with E-state index in [4.69, 9.17) is 5.14 Å². The molecule has 4 aromatic rings. The van der Waals surface area contributed by atoms with Crippen molar-refractivity contribution in [3.8, 4) is 0 Å². The first kappa shape index (κ1) is 22.1. The Balaban J connectivity index is 1.56. The predicted molar refractivity (Wildman–Crippen MR) is 122 cm³/mol. The molecule has 0 spiro atoms. The molecule has 0 aliphatic rings. The summed E-state index contributed by atoms with van der Waals surface area (Å²) in [6.45, 7) is 4.11. The summed E-state index contributed by atoms with van der Waals surface area (Å²) in [5.74, 6) is -0.568. The van der Waals surface area contributed by atoms with Crippen LogP contribution in [0, 0.1) is 12.7 Å². The van der Waals surface area contributed by atoms with E-state index >= 15 is 0 Å². The molecule has 0 bridgehead atoms. The number of aryl methyl sites for hydroxylation is 1. The Morgan fingerprint density at radius 3 is 2.62 bits per heavy atom. The third-order valence-electron chi connectivity index (χ3n) is 5.11. The van der Waals surface area contributed by atoms with Crippen molar-refractivity contribution < 1.29 is 17.6 Å². The molecule has 3 N–H and O–H groups in total. The molecule has 10 heteroatoms. The van der Waals surface area contributed by atoms with Gasteiger partial charge in [-0.3, -0.25) is 9.48 Å². The molecule has 2 aromatic heterocycles. The highest BCUT2D eigenvalue weighted by Gasteiger charge is 2.19. The highest BCUT2D eigenvalue weighted by atomic mass is 32.2. The molecule has 0 aliphatic carbocycles. The number of thiophene rings is 1. The van der Waals surface area contributed by atoms with Crippen molar-refractivity contribution in [2.45, 2.75) is 31.3 Å². The van der Waals surface area contributed by atoms with Gasteiger partial charge in [0.25, 0.3) is 5.91 Å². The lowest BCUT2D eigenvalue weighted by atomic mass is 10.1. The van der Waals surface area contributed by atoms with Gasteiger partial charge in [-0.25, -0.2) is 17.9 Å². The Labute approximate surface area is 188 Å². The van der Waals surface area contributed by atoms with Gasteiger partial charge < -0.3 is 5.32 Å². The van der Waals surface area contributed by atoms with Crippen LogP contribution in [-0.2, 0) is 16.6 Å². The van der Waals surface area contributed by atoms with E-state index < -0.39 is 16.1 Å². The first-order chi connectivity index (χ1) is 15.1. The molecule has 0 saturated carbocycles. The standard InChI is InChI=1S/C22H21FN4O3S2/c1-13(16-4-3-5-18(10-16)32(24,29)30)25-21(28)20-11-19-14(2)26-27(22(19)31-20)12-15-6-8-17(23)9-7-15/h3-11,13H,12H2,1-2H3,(H,25,28)(H2,24,29,30). The number of rotatable bonds is 6. The molecule has 0 aliphatic heterocycles. The summed E-state index contributed by atoms with van der Waals surface area (Å²) in [6, 6.07) is 13.8. The lowest BCUT2D eigenvalue weighted by Gasteiger charge is -2.14. The van der Waals surface area contributed by atoms with Gasteiger partial charge in [0.2, 0.25) is 10.0 Å². The number of nitrogens with two attached hydrogens (primary N) is 1.